The van der Waals surface area contributed by atoms with E-state index in [-0.39, 0.29) is 11.3 Å². The molecule has 1 N–H and O–H groups in total. The molecule has 0 aliphatic heterocycles. The highest BCUT2D eigenvalue weighted by atomic mass is 19.1. The maximum Gasteiger partial charge on any atom is 0.341 e. The van der Waals surface area contributed by atoms with E-state index in [2.05, 4.69) is 5.32 Å². The van der Waals surface area contributed by atoms with Crippen LogP contribution >= 0.6 is 0 Å². The summed E-state index contributed by atoms with van der Waals surface area (Å²) in [5, 5.41) is 13.0. The smallest absolute Gasteiger partial charge is 0.341 e. The topological polar surface area (TPSA) is 102 Å². The first-order valence-corrected chi connectivity index (χ1v) is 7.57. The molecule has 2 rings (SSSR count). The van der Waals surface area contributed by atoms with Crippen LogP contribution in [-0.4, -0.2) is 37.5 Å². The molecule has 27 heavy (non-hydrogen) atoms. The molecular formula is C17H15F2N3O5. The van der Waals surface area contributed by atoms with E-state index in [0.717, 1.165) is 24.3 Å². The Morgan fingerprint density at radius 3 is 2.52 bits per heavy atom. The molecule has 2 aromatic rings. The van der Waals surface area contributed by atoms with Crippen LogP contribution in [0.15, 0.2) is 36.4 Å². The van der Waals surface area contributed by atoms with Gasteiger partial charge in [0.2, 0.25) is 0 Å². The molecule has 1 amide bonds. The highest BCUT2D eigenvalue weighted by Gasteiger charge is 2.20. The van der Waals surface area contributed by atoms with Crippen LogP contribution in [0.2, 0.25) is 0 Å². The van der Waals surface area contributed by atoms with E-state index in [9.17, 15) is 28.5 Å². The summed E-state index contributed by atoms with van der Waals surface area (Å²) in [6.45, 7) is -0.787. The van der Waals surface area contributed by atoms with Crippen molar-refractivity contribution in [3.63, 3.8) is 0 Å². The number of anilines is 2. The van der Waals surface area contributed by atoms with Crippen molar-refractivity contribution in [2.24, 2.45) is 0 Å². The van der Waals surface area contributed by atoms with E-state index in [0.29, 0.717) is 5.69 Å². The van der Waals surface area contributed by atoms with E-state index < -0.39 is 40.7 Å². The van der Waals surface area contributed by atoms with Crippen molar-refractivity contribution in [1.29, 1.82) is 0 Å². The molecule has 2 aromatic carbocycles. The van der Waals surface area contributed by atoms with Gasteiger partial charge in [-0.3, -0.25) is 14.9 Å². The molecule has 0 aliphatic carbocycles. The van der Waals surface area contributed by atoms with Gasteiger partial charge in [0, 0.05) is 32.3 Å². The molecule has 0 aliphatic rings. The number of non-ortho nitro benzene ring substituents is 1. The summed E-state index contributed by atoms with van der Waals surface area (Å²) in [6, 6.07) is 6.13. The molecule has 0 spiro atoms. The van der Waals surface area contributed by atoms with Crippen molar-refractivity contribution in [3.8, 4) is 0 Å². The zero-order valence-corrected chi connectivity index (χ0v) is 14.4. The van der Waals surface area contributed by atoms with Crippen molar-refractivity contribution < 1.29 is 28.0 Å². The zero-order valence-electron chi connectivity index (χ0n) is 14.4. The van der Waals surface area contributed by atoms with Gasteiger partial charge in [-0.25, -0.2) is 13.6 Å². The fourth-order valence-electron chi connectivity index (χ4n) is 2.18. The maximum absolute atomic E-state index is 13.5. The molecule has 0 aromatic heterocycles. The Bertz CT molecular complexity index is 902. The molecule has 0 radical (unpaired) electrons. The van der Waals surface area contributed by atoms with Gasteiger partial charge >= 0.3 is 5.97 Å². The highest BCUT2D eigenvalue weighted by molar-refractivity contribution is 5.99. The van der Waals surface area contributed by atoms with E-state index in [4.69, 9.17) is 4.74 Å². The SMILES string of the molecule is CN(C)c1ccc([N+](=O)[O-])cc1C(=O)OCC(=O)Nc1cc(F)ccc1F. The van der Waals surface area contributed by atoms with Crippen LogP contribution in [0.4, 0.5) is 25.8 Å². The zero-order chi connectivity index (χ0) is 20.1. The number of nitro benzene ring substituents is 1. The van der Waals surface area contributed by atoms with Gasteiger partial charge in [-0.15, -0.1) is 0 Å². The number of nitrogens with zero attached hydrogens (tertiary/aromatic N) is 2. The van der Waals surface area contributed by atoms with Crippen LogP contribution in [0, 0.1) is 21.7 Å². The lowest BCUT2D eigenvalue weighted by Gasteiger charge is -2.16. The highest BCUT2D eigenvalue weighted by Crippen LogP contribution is 2.25. The normalized spacial score (nSPS) is 10.2. The average molecular weight is 379 g/mol. The molecule has 0 fully saturated rings. The third-order valence-electron chi connectivity index (χ3n) is 3.43. The van der Waals surface area contributed by atoms with Crippen LogP contribution in [0.5, 0.6) is 0 Å². The number of nitrogens with one attached hydrogen (secondary N) is 1. The number of nitro groups is 1. The van der Waals surface area contributed by atoms with E-state index in [1.54, 1.807) is 19.0 Å². The van der Waals surface area contributed by atoms with Crippen LogP contribution in [-0.2, 0) is 9.53 Å². The van der Waals surface area contributed by atoms with Gasteiger partial charge in [0.15, 0.2) is 6.61 Å². The van der Waals surface area contributed by atoms with Gasteiger partial charge < -0.3 is 15.0 Å². The number of esters is 1. The minimum Gasteiger partial charge on any atom is -0.452 e. The van der Waals surface area contributed by atoms with Crippen LogP contribution < -0.4 is 10.2 Å². The first-order chi connectivity index (χ1) is 12.7. The first kappa shape index (κ1) is 19.8. The second-order valence-electron chi connectivity index (χ2n) is 5.60. The van der Waals surface area contributed by atoms with Crippen LogP contribution in [0.25, 0.3) is 0 Å². The van der Waals surface area contributed by atoms with Gasteiger partial charge in [0.25, 0.3) is 11.6 Å². The van der Waals surface area contributed by atoms with Crippen molar-refractivity contribution in [1.82, 2.24) is 0 Å². The summed E-state index contributed by atoms with van der Waals surface area (Å²) in [7, 11) is 3.24. The minimum atomic E-state index is -0.975. The summed E-state index contributed by atoms with van der Waals surface area (Å²) < 4.78 is 31.4. The quantitative estimate of drug-likeness (QED) is 0.470. The molecule has 8 nitrogen and oxygen atoms in total. The van der Waals surface area contributed by atoms with Gasteiger partial charge in [-0.1, -0.05) is 0 Å². The Kier molecular flexibility index (Phi) is 6.01. The maximum atomic E-state index is 13.5. The molecule has 10 heteroatoms. The van der Waals surface area contributed by atoms with Gasteiger partial charge in [0.05, 0.1) is 21.9 Å². The number of hydrogen-bond donors (Lipinski definition) is 1. The lowest BCUT2D eigenvalue weighted by Crippen LogP contribution is -2.23. The summed E-state index contributed by atoms with van der Waals surface area (Å²) >= 11 is 0. The van der Waals surface area contributed by atoms with Crippen molar-refractivity contribution in [3.05, 3.63) is 63.7 Å². The van der Waals surface area contributed by atoms with E-state index in [1.165, 1.54) is 12.1 Å². The molecule has 0 saturated heterocycles. The third-order valence-corrected chi connectivity index (χ3v) is 3.43. The standard InChI is InChI=1S/C17H15F2N3O5/c1-21(2)15-6-4-11(22(25)26)8-12(15)17(24)27-9-16(23)20-14-7-10(18)3-5-13(14)19/h3-8H,9H2,1-2H3,(H,20,23). The molecule has 142 valence electrons. The number of rotatable bonds is 6. The predicted molar refractivity (Wildman–Crippen MR) is 92.7 cm³/mol. The van der Waals surface area contributed by atoms with Crippen LogP contribution in [0.3, 0.4) is 0 Å². The van der Waals surface area contributed by atoms with Crippen LogP contribution in [0.1, 0.15) is 10.4 Å². The Morgan fingerprint density at radius 2 is 1.89 bits per heavy atom. The fraction of sp³-hybridized carbons (Fsp3) is 0.176. The average Bonchev–Trinajstić information content (AvgIpc) is 2.62. The first-order valence-electron chi connectivity index (χ1n) is 7.57. The monoisotopic (exact) mass is 379 g/mol. The number of benzene rings is 2. The lowest BCUT2D eigenvalue weighted by molar-refractivity contribution is -0.384. The number of halogens is 2. The number of amides is 1. The summed E-state index contributed by atoms with van der Waals surface area (Å²) in [5.41, 5.74) is -0.486. The van der Waals surface area contributed by atoms with Crippen molar-refractivity contribution in [2.45, 2.75) is 0 Å². The number of hydrogen-bond acceptors (Lipinski definition) is 6. The van der Waals surface area contributed by atoms with E-state index >= 15 is 0 Å². The van der Waals surface area contributed by atoms with Gasteiger partial charge in [-0.2, -0.15) is 0 Å². The third kappa shape index (κ3) is 4.97. The van der Waals surface area contributed by atoms with Gasteiger partial charge in [0.1, 0.15) is 11.6 Å². The molecule has 0 saturated carbocycles. The number of carbonyl (C=O) groups excluding carboxylic acids is 2. The second-order valence-corrected chi connectivity index (χ2v) is 5.60. The Hall–Kier alpha value is -3.56. The Balaban J connectivity index is 2.10. The second kappa shape index (κ2) is 8.21. The van der Waals surface area contributed by atoms with Crippen molar-refractivity contribution >= 4 is 28.9 Å². The molecule has 0 atom stereocenters. The summed E-state index contributed by atoms with van der Waals surface area (Å²) in [5.74, 6) is -3.48. The summed E-state index contributed by atoms with van der Waals surface area (Å²) in [6.07, 6.45) is 0. The number of carbonyl (C=O) groups is 2. The number of ether oxygens (including phenoxy) is 1. The lowest BCUT2D eigenvalue weighted by atomic mass is 10.1. The van der Waals surface area contributed by atoms with Crippen molar-refractivity contribution in [2.75, 3.05) is 30.9 Å². The largest absolute Gasteiger partial charge is 0.452 e. The summed E-state index contributed by atoms with van der Waals surface area (Å²) in [4.78, 5) is 35.8. The van der Waals surface area contributed by atoms with Gasteiger partial charge in [-0.05, 0) is 18.2 Å². The fourth-order valence-corrected chi connectivity index (χ4v) is 2.18. The molecule has 0 bridgehead atoms. The molecule has 0 heterocycles. The molecule has 0 unspecified atom stereocenters. The minimum absolute atomic E-state index is 0.112. The Labute approximate surface area is 152 Å². The van der Waals surface area contributed by atoms with E-state index in [1.807, 2.05) is 0 Å². The Morgan fingerprint density at radius 1 is 1.19 bits per heavy atom. The predicted octanol–water partition coefficient (Wildman–Crippen LogP) is 2.73. The molecular weight excluding hydrogens is 364 g/mol.